The second-order valence-corrected chi connectivity index (χ2v) is 4.68. The second-order valence-electron chi connectivity index (χ2n) is 4.68. The average molecular weight is 225 g/mol. The molecule has 0 radical (unpaired) electrons. The minimum Gasteiger partial charge on any atom is -0.297 e. The van der Waals surface area contributed by atoms with Gasteiger partial charge in [-0.05, 0) is 18.5 Å². The van der Waals surface area contributed by atoms with E-state index in [9.17, 15) is 8.78 Å². The Hall–Kier alpha value is -0.960. The van der Waals surface area contributed by atoms with Crippen LogP contribution in [0.3, 0.4) is 0 Å². The van der Waals surface area contributed by atoms with E-state index in [0.717, 1.165) is 12.1 Å². The summed E-state index contributed by atoms with van der Waals surface area (Å²) in [5.74, 6) is 0.234. The molecule has 88 valence electrons. The summed E-state index contributed by atoms with van der Waals surface area (Å²) in [7, 11) is 1.79. The first-order chi connectivity index (χ1) is 7.61. The van der Waals surface area contributed by atoms with Crippen LogP contribution in [0.5, 0.6) is 0 Å². The Morgan fingerprint density at radius 3 is 2.44 bits per heavy atom. The Morgan fingerprint density at radius 2 is 1.88 bits per heavy atom. The fraction of sp³-hybridized carbons (Fsp3) is 0.538. The standard InChI is InChI=1S/C13H17F2N/c1-9-8-16(2)12(13(14)15)11(9)10-6-4-3-5-7-10/h3-7,9,11-13H,8H2,1-2H3/t9-,11-,12-/m1/s1. The van der Waals surface area contributed by atoms with E-state index < -0.39 is 12.5 Å². The molecule has 1 nitrogen and oxygen atoms in total. The van der Waals surface area contributed by atoms with E-state index in [0.29, 0.717) is 0 Å². The first-order valence-electron chi connectivity index (χ1n) is 5.64. The van der Waals surface area contributed by atoms with E-state index in [2.05, 4.69) is 6.92 Å². The summed E-state index contributed by atoms with van der Waals surface area (Å²) < 4.78 is 26.1. The number of rotatable bonds is 2. The minimum atomic E-state index is -2.28. The van der Waals surface area contributed by atoms with Gasteiger partial charge < -0.3 is 0 Å². The molecule has 1 aliphatic heterocycles. The Balaban J connectivity index is 2.31. The normalized spacial score (nSPS) is 31.2. The van der Waals surface area contributed by atoms with E-state index in [1.165, 1.54) is 0 Å². The first-order valence-corrected chi connectivity index (χ1v) is 5.64. The van der Waals surface area contributed by atoms with Gasteiger partial charge in [0.15, 0.2) is 0 Å². The van der Waals surface area contributed by atoms with Crippen LogP contribution in [0.2, 0.25) is 0 Å². The lowest BCUT2D eigenvalue weighted by Crippen LogP contribution is -2.35. The predicted octanol–water partition coefficient (Wildman–Crippen LogP) is 2.99. The van der Waals surface area contributed by atoms with E-state index in [1.54, 1.807) is 11.9 Å². The number of nitrogens with zero attached hydrogens (tertiary/aromatic N) is 1. The number of likely N-dealkylation sites (N-methyl/N-ethyl adjacent to an activating group) is 1. The monoisotopic (exact) mass is 225 g/mol. The Kier molecular flexibility index (Phi) is 3.24. The average Bonchev–Trinajstić information content (AvgIpc) is 2.55. The van der Waals surface area contributed by atoms with Crippen molar-refractivity contribution in [3.05, 3.63) is 35.9 Å². The molecule has 2 rings (SSSR count). The number of alkyl halides is 2. The lowest BCUT2D eigenvalue weighted by Gasteiger charge is -2.25. The van der Waals surface area contributed by atoms with Gasteiger partial charge in [0.05, 0.1) is 6.04 Å². The summed E-state index contributed by atoms with van der Waals surface area (Å²) in [5, 5.41) is 0. The fourth-order valence-corrected chi connectivity index (χ4v) is 2.85. The van der Waals surface area contributed by atoms with E-state index >= 15 is 0 Å². The largest absolute Gasteiger partial charge is 0.297 e. The smallest absolute Gasteiger partial charge is 0.254 e. The lowest BCUT2D eigenvalue weighted by molar-refractivity contribution is 0.0510. The highest BCUT2D eigenvalue weighted by atomic mass is 19.3. The van der Waals surface area contributed by atoms with Crippen LogP contribution in [0, 0.1) is 5.92 Å². The Morgan fingerprint density at radius 1 is 1.25 bits per heavy atom. The topological polar surface area (TPSA) is 3.24 Å². The molecular formula is C13H17F2N. The molecule has 0 aromatic heterocycles. The minimum absolute atomic E-state index is 0.0498. The van der Waals surface area contributed by atoms with Gasteiger partial charge in [0.25, 0.3) is 6.43 Å². The molecule has 0 aliphatic carbocycles. The van der Waals surface area contributed by atoms with Gasteiger partial charge in [-0.2, -0.15) is 0 Å². The van der Waals surface area contributed by atoms with Gasteiger partial charge in [0.2, 0.25) is 0 Å². The highest BCUT2D eigenvalue weighted by molar-refractivity contribution is 5.24. The molecule has 0 spiro atoms. The van der Waals surface area contributed by atoms with Crippen molar-refractivity contribution in [2.45, 2.75) is 25.3 Å². The summed E-state index contributed by atoms with van der Waals surface area (Å²) in [5.41, 5.74) is 1.03. The van der Waals surface area contributed by atoms with Crippen molar-refractivity contribution in [1.82, 2.24) is 4.90 Å². The third-order valence-electron chi connectivity index (χ3n) is 3.51. The van der Waals surface area contributed by atoms with Crippen LogP contribution >= 0.6 is 0 Å². The molecule has 0 unspecified atom stereocenters. The zero-order valence-corrected chi connectivity index (χ0v) is 9.61. The highest BCUT2D eigenvalue weighted by Gasteiger charge is 2.43. The zero-order chi connectivity index (χ0) is 11.7. The molecular weight excluding hydrogens is 208 g/mol. The molecule has 1 fully saturated rings. The third kappa shape index (κ3) is 1.96. The lowest BCUT2D eigenvalue weighted by atomic mass is 9.85. The van der Waals surface area contributed by atoms with Gasteiger partial charge >= 0.3 is 0 Å². The van der Waals surface area contributed by atoms with Crippen molar-refractivity contribution in [1.29, 1.82) is 0 Å². The number of hydrogen-bond acceptors (Lipinski definition) is 1. The maximum absolute atomic E-state index is 13.1. The molecule has 0 bridgehead atoms. The van der Waals surface area contributed by atoms with Crippen LogP contribution in [0.25, 0.3) is 0 Å². The summed E-state index contributed by atoms with van der Waals surface area (Å²) in [6.07, 6.45) is -2.28. The zero-order valence-electron chi connectivity index (χ0n) is 9.61. The van der Waals surface area contributed by atoms with Crippen molar-refractivity contribution in [2.24, 2.45) is 5.92 Å². The maximum Gasteiger partial charge on any atom is 0.254 e. The molecule has 0 N–H and O–H groups in total. The quantitative estimate of drug-likeness (QED) is 0.748. The first kappa shape index (κ1) is 11.5. The third-order valence-corrected chi connectivity index (χ3v) is 3.51. The molecule has 0 amide bonds. The van der Waals surface area contributed by atoms with Crippen molar-refractivity contribution < 1.29 is 8.78 Å². The molecule has 1 aromatic carbocycles. The summed E-state index contributed by atoms with van der Waals surface area (Å²) >= 11 is 0. The fourth-order valence-electron chi connectivity index (χ4n) is 2.85. The molecule has 16 heavy (non-hydrogen) atoms. The van der Waals surface area contributed by atoms with Crippen LogP contribution in [-0.4, -0.2) is 31.0 Å². The van der Waals surface area contributed by atoms with Crippen molar-refractivity contribution in [3.63, 3.8) is 0 Å². The SMILES string of the molecule is C[C@@H]1CN(C)[C@@H](C(F)F)[C@H]1c1ccccc1. The molecule has 1 aromatic rings. The Labute approximate surface area is 95.1 Å². The van der Waals surface area contributed by atoms with Gasteiger partial charge in [0.1, 0.15) is 0 Å². The van der Waals surface area contributed by atoms with Crippen LogP contribution in [-0.2, 0) is 0 Å². The van der Waals surface area contributed by atoms with E-state index in [-0.39, 0.29) is 11.8 Å². The van der Waals surface area contributed by atoms with Crippen molar-refractivity contribution >= 4 is 0 Å². The molecule has 1 heterocycles. The summed E-state index contributed by atoms with van der Waals surface area (Å²) in [6.45, 7) is 2.80. The summed E-state index contributed by atoms with van der Waals surface area (Å²) in [4.78, 5) is 1.78. The van der Waals surface area contributed by atoms with Gasteiger partial charge in [-0.1, -0.05) is 37.3 Å². The Bertz CT molecular complexity index is 339. The van der Waals surface area contributed by atoms with Crippen LogP contribution in [0.1, 0.15) is 18.4 Å². The van der Waals surface area contributed by atoms with Crippen LogP contribution < -0.4 is 0 Å². The van der Waals surface area contributed by atoms with Crippen molar-refractivity contribution in [2.75, 3.05) is 13.6 Å². The number of hydrogen-bond donors (Lipinski definition) is 0. The second kappa shape index (κ2) is 4.50. The number of likely N-dealkylation sites (tertiary alicyclic amines) is 1. The summed E-state index contributed by atoms with van der Waals surface area (Å²) in [6, 6.07) is 9.03. The molecule has 3 heteroatoms. The van der Waals surface area contributed by atoms with E-state index in [4.69, 9.17) is 0 Å². The van der Waals surface area contributed by atoms with Crippen LogP contribution in [0.15, 0.2) is 30.3 Å². The van der Waals surface area contributed by atoms with Gasteiger partial charge in [-0.25, -0.2) is 8.78 Å². The van der Waals surface area contributed by atoms with Crippen molar-refractivity contribution in [3.8, 4) is 0 Å². The van der Waals surface area contributed by atoms with Gasteiger partial charge in [0, 0.05) is 12.5 Å². The maximum atomic E-state index is 13.1. The molecule has 1 saturated heterocycles. The van der Waals surface area contributed by atoms with Crippen LogP contribution in [0.4, 0.5) is 8.78 Å². The van der Waals surface area contributed by atoms with Gasteiger partial charge in [-0.3, -0.25) is 4.90 Å². The predicted molar refractivity (Wildman–Crippen MR) is 60.8 cm³/mol. The highest BCUT2D eigenvalue weighted by Crippen LogP contribution is 2.39. The molecule has 1 aliphatic rings. The number of halogens is 2. The number of benzene rings is 1. The molecule has 0 saturated carbocycles. The van der Waals surface area contributed by atoms with E-state index in [1.807, 2.05) is 30.3 Å². The van der Waals surface area contributed by atoms with Gasteiger partial charge in [-0.15, -0.1) is 0 Å². The molecule has 3 atom stereocenters.